The molecule has 2 aliphatic rings. The van der Waals surface area contributed by atoms with Crippen molar-refractivity contribution in [3.8, 4) is 0 Å². The molecule has 2 atom stereocenters. The van der Waals surface area contributed by atoms with Crippen LogP contribution < -0.4 is 10.2 Å². The van der Waals surface area contributed by atoms with E-state index in [-0.39, 0.29) is 36.3 Å². The zero-order valence-electron chi connectivity index (χ0n) is 29.1. The number of rotatable bonds is 13. The number of aryl methyl sites for hydroxylation is 2. The molecule has 17 heteroatoms. The molecule has 1 aromatic carbocycles. The maximum atomic E-state index is 14.0. The third kappa shape index (κ3) is 9.33. The molecule has 1 fully saturated rings. The average molecular weight is 744 g/mol. The van der Waals surface area contributed by atoms with E-state index < -0.39 is 45.6 Å². The highest BCUT2D eigenvalue weighted by molar-refractivity contribution is 7.90. The number of aliphatic imine (C=N–C) groups is 1. The number of anilines is 1. The first-order chi connectivity index (χ1) is 23.8. The molecule has 1 N–H and O–H groups in total. The summed E-state index contributed by atoms with van der Waals surface area (Å²) in [5, 5.41) is 8.35. The number of ether oxygens (including phenoxy) is 1. The van der Waals surface area contributed by atoms with Gasteiger partial charge in [0.25, 0.3) is 0 Å². The smallest absolute Gasteiger partial charge is 0.416 e. The Morgan fingerprint density at radius 2 is 1.71 bits per heavy atom. The van der Waals surface area contributed by atoms with Gasteiger partial charge in [0.1, 0.15) is 12.4 Å². The van der Waals surface area contributed by atoms with Gasteiger partial charge in [-0.05, 0) is 69.4 Å². The van der Waals surface area contributed by atoms with Crippen molar-refractivity contribution in [1.29, 1.82) is 0 Å². The number of aromatic nitrogens is 3. The van der Waals surface area contributed by atoms with Crippen LogP contribution in [0.5, 0.6) is 0 Å². The SMILES string of the molecule is CCN(CC1CCCC1)c1nc2c(cc1CN(C1N=CC(OCCS(C)(=O)=O)=CN1)C(C)c1cc(C(F)(F)F)cc(C(F)(F)F)c1)c(C)nn2C. The summed E-state index contributed by atoms with van der Waals surface area (Å²) in [6.07, 6.45) is -2.69. The fraction of sp³-hybridized carbons (Fsp3) is 0.559. The molecule has 10 nitrogen and oxygen atoms in total. The molecule has 1 saturated carbocycles. The zero-order chi connectivity index (χ0) is 37.3. The van der Waals surface area contributed by atoms with Gasteiger partial charge in [0.05, 0.1) is 28.8 Å². The van der Waals surface area contributed by atoms with Crippen molar-refractivity contribution >= 4 is 32.9 Å². The largest absolute Gasteiger partial charge is 0.489 e. The van der Waals surface area contributed by atoms with Crippen LogP contribution in [0, 0.1) is 12.8 Å². The minimum Gasteiger partial charge on any atom is -0.489 e. The van der Waals surface area contributed by atoms with Gasteiger partial charge in [0.15, 0.2) is 27.5 Å². The molecule has 51 heavy (non-hydrogen) atoms. The van der Waals surface area contributed by atoms with E-state index in [0.717, 1.165) is 56.0 Å². The molecule has 3 heterocycles. The number of benzene rings is 1. The van der Waals surface area contributed by atoms with E-state index in [9.17, 15) is 34.8 Å². The first-order valence-electron chi connectivity index (χ1n) is 16.8. The standard InChI is InChI=1S/C34H43F6N7O3S/c1-6-46(19-23-9-7-8-10-23)30-25(15-29-21(2)44-45(4)31(29)43-30)20-47(32-41-17-28(18-42-32)50-11-12-51(5,48)49)22(3)24-13-26(33(35,36)37)16-27(14-24)34(38,39)40/h13-18,22-23,32,41H,6-12,19-20H2,1-5H3. The van der Waals surface area contributed by atoms with Gasteiger partial charge in [0.2, 0.25) is 0 Å². The Morgan fingerprint density at radius 1 is 1.06 bits per heavy atom. The van der Waals surface area contributed by atoms with Gasteiger partial charge in [-0.25, -0.2) is 18.4 Å². The Morgan fingerprint density at radius 3 is 2.25 bits per heavy atom. The summed E-state index contributed by atoms with van der Waals surface area (Å²) < 4.78 is 114. The second-order valence-electron chi connectivity index (χ2n) is 13.3. The first kappa shape index (κ1) is 38.4. The number of hydrogen-bond acceptors (Lipinski definition) is 9. The van der Waals surface area contributed by atoms with Gasteiger partial charge in [-0.15, -0.1) is 0 Å². The van der Waals surface area contributed by atoms with Crippen LogP contribution in [0.25, 0.3) is 11.0 Å². The van der Waals surface area contributed by atoms with E-state index in [1.807, 2.05) is 19.9 Å². The lowest BCUT2D eigenvalue weighted by molar-refractivity contribution is -0.143. The fourth-order valence-electron chi connectivity index (χ4n) is 6.63. The van der Waals surface area contributed by atoms with E-state index in [1.54, 1.807) is 16.6 Å². The molecule has 280 valence electrons. The van der Waals surface area contributed by atoms with Crippen LogP contribution in [0.15, 0.2) is 41.2 Å². The molecule has 0 spiro atoms. The number of sulfone groups is 1. The van der Waals surface area contributed by atoms with Gasteiger partial charge < -0.3 is 15.0 Å². The molecular formula is C34H43F6N7O3S. The maximum absolute atomic E-state index is 14.0. The number of nitrogens with one attached hydrogen (secondary N) is 1. The molecule has 5 rings (SSSR count). The highest BCUT2D eigenvalue weighted by Gasteiger charge is 2.38. The fourth-order valence-corrected chi connectivity index (χ4v) is 7.02. The van der Waals surface area contributed by atoms with Crippen LogP contribution in [-0.4, -0.2) is 72.3 Å². The monoisotopic (exact) mass is 743 g/mol. The van der Waals surface area contributed by atoms with Crippen LogP contribution in [0.3, 0.4) is 0 Å². The van der Waals surface area contributed by atoms with E-state index in [4.69, 9.17) is 9.72 Å². The predicted octanol–water partition coefficient (Wildman–Crippen LogP) is 6.75. The summed E-state index contributed by atoms with van der Waals surface area (Å²) in [5.74, 6) is 1.09. The number of allylic oxidation sites excluding steroid dienone is 1. The van der Waals surface area contributed by atoms with Crippen LogP contribution in [-0.2, 0) is 40.5 Å². The number of alkyl halides is 6. The average Bonchev–Trinajstić information content (AvgIpc) is 3.67. The summed E-state index contributed by atoms with van der Waals surface area (Å²) in [6.45, 7) is 6.64. The van der Waals surface area contributed by atoms with Crippen molar-refractivity contribution < 1.29 is 39.5 Å². The van der Waals surface area contributed by atoms with E-state index >= 15 is 0 Å². The highest BCUT2D eigenvalue weighted by Crippen LogP contribution is 2.40. The summed E-state index contributed by atoms with van der Waals surface area (Å²) in [6, 6.07) is 2.49. The molecule has 2 aromatic heterocycles. The van der Waals surface area contributed by atoms with Gasteiger partial charge in [0, 0.05) is 56.1 Å². The Labute approximate surface area is 293 Å². The Balaban J connectivity index is 1.59. The Hall–Kier alpha value is -3.86. The van der Waals surface area contributed by atoms with Gasteiger partial charge in [-0.3, -0.25) is 9.58 Å². The van der Waals surface area contributed by atoms with E-state index in [0.29, 0.717) is 35.2 Å². The number of hydrogen-bond donors (Lipinski definition) is 1. The van der Waals surface area contributed by atoms with Crippen molar-refractivity contribution in [1.82, 2.24) is 25.0 Å². The van der Waals surface area contributed by atoms with Crippen LogP contribution >= 0.6 is 0 Å². The summed E-state index contributed by atoms with van der Waals surface area (Å²) in [5.41, 5.74) is -0.972. The summed E-state index contributed by atoms with van der Waals surface area (Å²) in [7, 11) is -1.50. The molecule has 0 saturated heterocycles. The Bertz CT molecular complexity index is 1850. The lowest BCUT2D eigenvalue weighted by Gasteiger charge is -2.37. The number of nitrogens with zero attached hydrogens (tertiary/aromatic N) is 6. The van der Waals surface area contributed by atoms with Crippen LogP contribution in [0.2, 0.25) is 0 Å². The quantitative estimate of drug-likeness (QED) is 0.192. The van der Waals surface area contributed by atoms with Gasteiger partial charge >= 0.3 is 12.4 Å². The minimum absolute atomic E-state index is 0.0274. The summed E-state index contributed by atoms with van der Waals surface area (Å²) in [4.78, 5) is 13.4. The van der Waals surface area contributed by atoms with E-state index in [1.165, 1.54) is 19.3 Å². The zero-order valence-corrected chi connectivity index (χ0v) is 30.0. The number of fused-ring (bicyclic) bond motifs is 1. The summed E-state index contributed by atoms with van der Waals surface area (Å²) >= 11 is 0. The topological polar surface area (TPSA) is 105 Å². The predicted molar refractivity (Wildman–Crippen MR) is 183 cm³/mol. The third-order valence-electron chi connectivity index (χ3n) is 9.39. The van der Waals surface area contributed by atoms with E-state index in [2.05, 4.69) is 20.3 Å². The van der Waals surface area contributed by atoms with Crippen LogP contribution in [0.1, 0.15) is 73.5 Å². The molecule has 3 aromatic rings. The third-order valence-corrected chi connectivity index (χ3v) is 10.3. The number of halogens is 6. The van der Waals surface area contributed by atoms with Crippen molar-refractivity contribution in [2.24, 2.45) is 18.0 Å². The van der Waals surface area contributed by atoms with Crippen LogP contribution in [0.4, 0.5) is 32.2 Å². The maximum Gasteiger partial charge on any atom is 0.416 e. The van der Waals surface area contributed by atoms with Crippen molar-refractivity contribution in [3.63, 3.8) is 0 Å². The minimum atomic E-state index is -5.02. The molecular weight excluding hydrogens is 700 g/mol. The lowest BCUT2D eigenvalue weighted by Crippen LogP contribution is -2.45. The van der Waals surface area contributed by atoms with Crippen molar-refractivity contribution in [3.05, 3.63) is 64.2 Å². The number of pyridine rings is 1. The van der Waals surface area contributed by atoms with Gasteiger partial charge in [-0.2, -0.15) is 31.4 Å². The second kappa shape index (κ2) is 15.0. The van der Waals surface area contributed by atoms with Gasteiger partial charge in [-0.1, -0.05) is 12.8 Å². The molecule has 2 unspecified atom stereocenters. The first-order valence-corrected chi connectivity index (χ1v) is 18.8. The Kier molecular flexibility index (Phi) is 11.3. The molecule has 0 amide bonds. The molecule has 1 aliphatic heterocycles. The molecule has 1 aliphatic carbocycles. The molecule has 0 bridgehead atoms. The lowest BCUT2D eigenvalue weighted by atomic mass is 9.98. The highest BCUT2D eigenvalue weighted by atomic mass is 32.2. The normalized spacial score (nSPS) is 18.0. The van der Waals surface area contributed by atoms with Crippen molar-refractivity contribution in [2.45, 2.75) is 77.7 Å². The second-order valence-corrected chi connectivity index (χ2v) is 15.5. The van der Waals surface area contributed by atoms with Crippen molar-refractivity contribution in [2.75, 3.05) is 36.6 Å². The molecule has 0 radical (unpaired) electrons.